The van der Waals surface area contributed by atoms with E-state index in [0.29, 0.717) is 13.0 Å². The number of aliphatic hydroxyl groups excluding tert-OH is 1. The van der Waals surface area contributed by atoms with E-state index in [1.807, 2.05) is 6.07 Å². The van der Waals surface area contributed by atoms with E-state index in [1.165, 1.54) is 0 Å². The van der Waals surface area contributed by atoms with Crippen molar-refractivity contribution in [2.24, 2.45) is 0 Å². The smallest absolute Gasteiger partial charge is 0.0979 e. The fourth-order valence-electron chi connectivity index (χ4n) is 0.815. The first-order valence-corrected chi connectivity index (χ1v) is 2.64. The molecule has 0 aliphatic carbocycles. The van der Waals surface area contributed by atoms with Crippen molar-refractivity contribution in [1.29, 1.82) is 5.26 Å². The number of rotatable bonds is 0. The van der Waals surface area contributed by atoms with Gasteiger partial charge >= 0.3 is 0 Å². The molecule has 1 aliphatic rings. The van der Waals surface area contributed by atoms with Gasteiger partial charge in [0.25, 0.3) is 0 Å². The Balaban J connectivity index is 2.35. The Bertz CT molecular complexity index is 118. The van der Waals surface area contributed by atoms with E-state index in [4.69, 9.17) is 10.4 Å². The van der Waals surface area contributed by atoms with Crippen LogP contribution >= 0.6 is 0 Å². The third kappa shape index (κ3) is 0.971. The van der Waals surface area contributed by atoms with Crippen LogP contribution in [0, 0.1) is 11.3 Å². The highest BCUT2D eigenvalue weighted by Gasteiger charge is 2.20. The molecule has 2 unspecified atom stereocenters. The highest BCUT2D eigenvalue weighted by atomic mass is 16.3. The zero-order valence-electron chi connectivity index (χ0n) is 4.46. The summed E-state index contributed by atoms with van der Waals surface area (Å²) in [6.45, 7) is 0.568. The predicted octanol–water partition coefficient (Wildman–Crippen LogP) is -0.767. The minimum atomic E-state index is -0.306. The molecule has 44 valence electrons. The van der Waals surface area contributed by atoms with Crippen molar-refractivity contribution in [1.82, 2.24) is 5.32 Å². The highest BCUT2D eigenvalue weighted by Crippen LogP contribution is 2.03. The standard InChI is InChI=1S/C5H8N2O/c6-2-4-1-5(8)3-7-4/h4-5,7-8H,1,3H2. The first-order chi connectivity index (χ1) is 3.83. The van der Waals surface area contributed by atoms with Crippen molar-refractivity contribution >= 4 is 0 Å². The number of nitriles is 1. The maximum absolute atomic E-state index is 8.82. The summed E-state index contributed by atoms with van der Waals surface area (Å²) in [6, 6.07) is 1.90. The maximum Gasteiger partial charge on any atom is 0.0979 e. The molecule has 0 aromatic rings. The quantitative estimate of drug-likeness (QED) is 0.432. The molecule has 2 atom stereocenters. The Labute approximate surface area is 47.9 Å². The number of aliphatic hydroxyl groups is 1. The first-order valence-electron chi connectivity index (χ1n) is 2.64. The monoisotopic (exact) mass is 112 g/mol. The lowest BCUT2D eigenvalue weighted by Crippen LogP contribution is -2.19. The largest absolute Gasteiger partial charge is 0.392 e. The van der Waals surface area contributed by atoms with Crippen molar-refractivity contribution < 1.29 is 5.11 Å². The van der Waals surface area contributed by atoms with Crippen molar-refractivity contribution in [3.63, 3.8) is 0 Å². The van der Waals surface area contributed by atoms with Gasteiger partial charge in [-0.05, 0) is 0 Å². The van der Waals surface area contributed by atoms with E-state index in [2.05, 4.69) is 5.32 Å². The molecule has 0 aromatic heterocycles. The van der Waals surface area contributed by atoms with E-state index >= 15 is 0 Å². The van der Waals surface area contributed by atoms with Crippen LogP contribution in [0.1, 0.15) is 6.42 Å². The third-order valence-electron chi connectivity index (χ3n) is 1.26. The summed E-state index contributed by atoms with van der Waals surface area (Å²) < 4.78 is 0. The van der Waals surface area contributed by atoms with E-state index in [9.17, 15) is 0 Å². The van der Waals surface area contributed by atoms with E-state index in [1.54, 1.807) is 0 Å². The molecule has 1 aliphatic heterocycles. The molecule has 2 N–H and O–H groups in total. The summed E-state index contributed by atoms with van der Waals surface area (Å²) in [4.78, 5) is 0. The zero-order chi connectivity index (χ0) is 5.98. The molecule has 3 nitrogen and oxygen atoms in total. The van der Waals surface area contributed by atoms with Crippen LogP contribution in [-0.2, 0) is 0 Å². The number of nitrogens with zero attached hydrogens (tertiary/aromatic N) is 1. The van der Waals surface area contributed by atoms with Crippen molar-refractivity contribution in [3.05, 3.63) is 0 Å². The molecule has 8 heavy (non-hydrogen) atoms. The van der Waals surface area contributed by atoms with Crippen LogP contribution in [0.5, 0.6) is 0 Å². The van der Waals surface area contributed by atoms with Gasteiger partial charge in [-0.1, -0.05) is 0 Å². The van der Waals surface area contributed by atoms with Gasteiger partial charge in [0, 0.05) is 13.0 Å². The minimum Gasteiger partial charge on any atom is -0.392 e. The van der Waals surface area contributed by atoms with E-state index in [0.717, 1.165) is 0 Å². The fourth-order valence-corrected chi connectivity index (χ4v) is 0.815. The van der Waals surface area contributed by atoms with Crippen molar-refractivity contribution in [3.8, 4) is 6.07 Å². The van der Waals surface area contributed by atoms with Gasteiger partial charge in [0.1, 0.15) is 0 Å². The second-order valence-corrected chi connectivity index (χ2v) is 1.98. The molecule has 3 heteroatoms. The Morgan fingerprint density at radius 2 is 2.50 bits per heavy atom. The summed E-state index contributed by atoms with van der Waals surface area (Å²) >= 11 is 0. The maximum atomic E-state index is 8.82. The first kappa shape index (κ1) is 5.54. The highest BCUT2D eigenvalue weighted by molar-refractivity contribution is 4.96. The zero-order valence-corrected chi connectivity index (χ0v) is 4.46. The van der Waals surface area contributed by atoms with Crippen LogP contribution in [0.2, 0.25) is 0 Å². The summed E-state index contributed by atoms with van der Waals surface area (Å²) in [5, 5.41) is 19.9. The molecule has 0 spiro atoms. The van der Waals surface area contributed by atoms with E-state index < -0.39 is 0 Å². The molecule has 1 heterocycles. The average molecular weight is 112 g/mol. The molecule has 0 bridgehead atoms. The number of β-amino-alcohol motifs (C(OH)–C–C–N with tert-alkyl or cyclic N) is 1. The van der Waals surface area contributed by atoms with Crippen LogP contribution in [0.25, 0.3) is 0 Å². The molecule has 1 saturated heterocycles. The molecule has 0 saturated carbocycles. The van der Waals surface area contributed by atoms with Gasteiger partial charge in [-0.2, -0.15) is 5.26 Å². The summed E-state index contributed by atoms with van der Waals surface area (Å²) in [5.74, 6) is 0. The van der Waals surface area contributed by atoms with Gasteiger partial charge in [0.2, 0.25) is 0 Å². The second kappa shape index (κ2) is 2.12. The van der Waals surface area contributed by atoms with Crippen LogP contribution in [0.4, 0.5) is 0 Å². The Kier molecular flexibility index (Phi) is 1.47. The number of nitrogens with one attached hydrogen (secondary N) is 1. The average Bonchev–Trinajstić information content (AvgIpc) is 2.14. The van der Waals surface area contributed by atoms with Crippen LogP contribution in [-0.4, -0.2) is 23.8 Å². The van der Waals surface area contributed by atoms with Crippen LogP contribution in [0.3, 0.4) is 0 Å². The molecular formula is C5H8N2O. The second-order valence-electron chi connectivity index (χ2n) is 1.98. The lowest BCUT2D eigenvalue weighted by atomic mass is 10.2. The van der Waals surface area contributed by atoms with Gasteiger partial charge in [-0.25, -0.2) is 0 Å². The van der Waals surface area contributed by atoms with E-state index in [-0.39, 0.29) is 12.1 Å². The van der Waals surface area contributed by atoms with Crippen molar-refractivity contribution in [2.75, 3.05) is 6.54 Å². The normalized spacial score (nSPS) is 37.0. The molecule has 0 aromatic carbocycles. The van der Waals surface area contributed by atoms with Crippen LogP contribution < -0.4 is 5.32 Å². The number of hydrogen-bond donors (Lipinski definition) is 2. The Morgan fingerprint density at radius 3 is 2.75 bits per heavy atom. The predicted molar refractivity (Wildman–Crippen MR) is 28.0 cm³/mol. The topological polar surface area (TPSA) is 56.0 Å². The van der Waals surface area contributed by atoms with Gasteiger partial charge < -0.3 is 5.11 Å². The molecule has 1 fully saturated rings. The van der Waals surface area contributed by atoms with Gasteiger partial charge in [0.15, 0.2) is 0 Å². The molecular weight excluding hydrogens is 104 g/mol. The fraction of sp³-hybridized carbons (Fsp3) is 0.800. The summed E-state index contributed by atoms with van der Waals surface area (Å²) in [5.41, 5.74) is 0. The third-order valence-corrected chi connectivity index (χ3v) is 1.26. The lowest BCUT2D eigenvalue weighted by Gasteiger charge is -1.92. The molecule has 1 rings (SSSR count). The van der Waals surface area contributed by atoms with Gasteiger partial charge in [-0.15, -0.1) is 0 Å². The molecule has 0 radical (unpaired) electrons. The Hall–Kier alpha value is -0.590. The summed E-state index contributed by atoms with van der Waals surface area (Å²) in [7, 11) is 0. The van der Waals surface area contributed by atoms with Gasteiger partial charge in [0.05, 0.1) is 18.2 Å². The number of hydrogen-bond acceptors (Lipinski definition) is 3. The summed E-state index contributed by atoms with van der Waals surface area (Å²) in [6.07, 6.45) is 0.274. The van der Waals surface area contributed by atoms with Crippen molar-refractivity contribution in [2.45, 2.75) is 18.6 Å². The Morgan fingerprint density at radius 1 is 1.75 bits per heavy atom. The minimum absolute atomic E-state index is 0.120. The van der Waals surface area contributed by atoms with Gasteiger partial charge in [-0.3, -0.25) is 5.32 Å². The molecule has 0 amide bonds. The van der Waals surface area contributed by atoms with Crippen LogP contribution in [0.15, 0.2) is 0 Å². The lowest BCUT2D eigenvalue weighted by molar-refractivity contribution is 0.195. The SMILES string of the molecule is N#CC1CC(O)CN1.